The fraction of sp³-hybridized carbons (Fsp3) is 0.500. The summed E-state index contributed by atoms with van der Waals surface area (Å²) in [7, 11) is 0. The van der Waals surface area contributed by atoms with Gasteiger partial charge in [-0.1, -0.05) is 31.5 Å². The van der Waals surface area contributed by atoms with Crippen molar-refractivity contribution in [2.75, 3.05) is 29.6 Å². The molecule has 2 aromatic heterocycles. The molecular formula is C32H35Cl2F5N6O. The normalized spacial score (nSPS) is 21.1. The van der Waals surface area contributed by atoms with Crippen molar-refractivity contribution in [2.45, 2.75) is 82.1 Å². The first-order valence-electron chi connectivity index (χ1n) is 15.2. The number of anilines is 2. The summed E-state index contributed by atoms with van der Waals surface area (Å²) in [5.41, 5.74) is -0.989. The maximum Gasteiger partial charge on any atom is 0.416 e. The lowest BCUT2D eigenvalue weighted by molar-refractivity contribution is -0.137. The molecule has 0 saturated carbocycles. The first-order chi connectivity index (χ1) is 21.9. The lowest BCUT2D eigenvalue weighted by Crippen LogP contribution is -2.39. The standard InChI is InChI=1S/C32H35Cl2F5N6O/c1-3-25-14-26(19-44(25)28-27(33)17-40-29(34)43-28)45(30-41-15-22(16-42-30)21-7-5-6-9-46-10-8-21)18-20-11-23(31(35,36)4-2)13-24(12-20)32(37,38)39/h4,11-13,15-17,21,25-26H,2-3,5-10,14,18-19H2,1H3/t21?,25-,26+/m1/s1. The van der Waals surface area contributed by atoms with Gasteiger partial charge in [-0.15, -0.1) is 0 Å². The molecule has 0 bridgehead atoms. The molecule has 4 heterocycles. The van der Waals surface area contributed by atoms with Crippen LogP contribution < -0.4 is 9.80 Å². The van der Waals surface area contributed by atoms with Gasteiger partial charge in [-0.25, -0.2) is 15.0 Å². The van der Waals surface area contributed by atoms with E-state index in [1.165, 1.54) is 6.20 Å². The molecule has 1 unspecified atom stereocenters. The number of nitrogens with zero attached hydrogens (tertiary/aromatic N) is 6. The number of rotatable bonds is 9. The van der Waals surface area contributed by atoms with Crippen LogP contribution in [0.15, 0.2) is 49.4 Å². The minimum absolute atomic E-state index is 0.0211. The second-order valence-electron chi connectivity index (χ2n) is 11.7. The predicted molar refractivity (Wildman–Crippen MR) is 168 cm³/mol. The second kappa shape index (κ2) is 14.4. The van der Waals surface area contributed by atoms with Crippen LogP contribution in [0.25, 0.3) is 0 Å². The number of aromatic nitrogens is 4. The average molecular weight is 686 g/mol. The van der Waals surface area contributed by atoms with E-state index in [4.69, 9.17) is 27.9 Å². The summed E-state index contributed by atoms with van der Waals surface area (Å²) in [5, 5.41) is 0.320. The molecule has 46 heavy (non-hydrogen) atoms. The molecule has 2 aliphatic rings. The van der Waals surface area contributed by atoms with E-state index >= 15 is 0 Å². The van der Waals surface area contributed by atoms with Crippen molar-refractivity contribution in [2.24, 2.45) is 0 Å². The van der Waals surface area contributed by atoms with Gasteiger partial charge in [-0.3, -0.25) is 0 Å². The van der Waals surface area contributed by atoms with E-state index in [1.54, 1.807) is 17.3 Å². The molecule has 2 aliphatic heterocycles. The fourth-order valence-electron chi connectivity index (χ4n) is 6.21. The number of halogens is 7. The highest BCUT2D eigenvalue weighted by Crippen LogP contribution is 2.39. The van der Waals surface area contributed by atoms with Crippen LogP contribution in [-0.2, 0) is 23.4 Å². The Labute approximate surface area is 274 Å². The molecule has 0 spiro atoms. The van der Waals surface area contributed by atoms with Crippen molar-refractivity contribution >= 4 is 35.0 Å². The van der Waals surface area contributed by atoms with Crippen molar-refractivity contribution in [1.82, 2.24) is 19.9 Å². The van der Waals surface area contributed by atoms with Crippen LogP contribution in [0.3, 0.4) is 0 Å². The Hall–Kier alpha value is -3.09. The van der Waals surface area contributed by atoms with Gasteiger partial charge in [0.2, 0.25) is 11.2 Å². The van der Waals surface area contributed by atoms with Crippen LogP contribution in [-0.4, -0.2) is 51.8 Å². The SMILES string of the molecule is C=CC(F)(F)c1cc(CN(c2ncc(C3CCCCOCC3)cn2)[C@H]2C[C@@H](CC)N(c3nc(Cl)ncc3Cl)C2)cc(C(F)(F)F)c1. The summed E-state index contributed by atoms with van der Waals surface area (Å²) in [4.78, 5) is 21.4. The molecule has 14 heteroatoms. The highest BCUT2D eigenvalue weighted by atomic mass is 35.5. The minimum Gasteiger partial charge on any atom is -0.381 e. The molecule has 0 amide bonds. The highest BCUT2D eigenvalue weighted by molar-refractivity contribution is 6.33. The Morgan fingerprint density at radius 2 is 1.74 bits per heavy atom. The Morgan fingerprint density at radius 3 is 2.43 bits per heavy atom. The van der Waals surface area contributed by atoms with Crippen molar-refractivity contribution in [3.8, 4) is 0 Å². The van der Waals surface area contributed by atoms with Gasteiger partial charge in [0, 0.05) is 50.3 Å². The number of allylic oxidation sites excluding steroid dienone is 1. The molecular weight excluding hydrogens is 650 g/mol. The van der Waals surface area contributed by atoms with Crippen molar-refractivity contribution in [3.63, 3.8) is 0 Å². The van der Waals surface area contributed by atoms with Gasteiger partial charge in [-0.05, 0) is 85.0 Å². The fourth-order valence-corrected chi connectivity index (χ4v) is 6.54. The smallest absolute Gasteiger partial charge is 0.381 e. The Kier molecular flexibility index (Phi) is 10.7. The van der Waals surface area contributed by atoms with Crippen LogP contribution in [0.4, 0.5) is 33.7 Å². The van der Waals surface area contributed by atoms with E-state index in [0.717, 1.165) is 50.0 Å². The van der Waals surface area contributed by atoms with Crippen LogP contribution in [0.1, 0.15) is 73.6 Å². The molecule has 0 aliphatic carbocycles. The Balaban J connectivity index is 1.53. The average Bonchev–Trinajstić information content (AvgIpc) is 3.44. The van der Waals surface area contributed by atoms with Gasteiger partial charge in [-0.2, -0.15) is 26.9 Å². The van der Waals surface area contributed by atoms with Crippen LogP contribution in [0.2, 0.25) is 10.3 Å². The van der Waals surface area contributed by atoms with Crippen molar-refractivity contribution in [3.05, 3.63) is 82.0 Å². The van der Waals surface area contributed by atoms with Gasteiger partial charge in [0.25, 0.3) is 5.92 Å². The number of ether oxygens (including phenoxy) is 1. The van der Waals surface area contributed by atoms with Crippen LogP contribution in [0, 0.1) is 0 Å². The largest absolute Gasteiger partial charge is 0.416 e. The molecule has 2 saturated heterocycles. The zero-order chi connectivity index (χ0) is 33.1. The van der Waals surface area contributed by atoms with Gasteiger partial charge in [0.05, 0.1) is 17.8 Å². The molecule has 3 aromatic rings. The van der Waals surface area contributed by atoms with Gasteiger partial charge >= 0.3 is 6.18 Å². The zero-order valence-electron chi connectivity index (χ0n) is 25.3. The van der Waals surface area contributed by atoms with E-state index < -0.39 is 23.2 Å². The second-order valence-corrected chi connectivity index (χ2v) is 12.4. The minimum atomic E-state index is -4.84. The van der Waals surface area contributed by atoms with E-state index in [2.05, 4.69) is 26.5 Å². The van der Waals surface area contributed by atoms with E-state index in [0.29, 0.717) is 49.0 Å². The van der Waals surface area contributed by atoms with Gasteiger partial charge in [0.15, 0.2) is 5.82 Å². The molecule has 0 radical (unpaired) electrons. The number of benzene rings is 1. The molecule has 5 rings (SSSR count). The summed E-state index contributed by atoms with van der Waals surface area (Å²) in [6.07, 6.45) is 5.44. The van der Waals surface area contributed by atoms with Gasteiger partial charge in [0.1, 0.15) is 5.02 Å². The lowest BCUT2D eigenvalue weighted by Gasteiger charge is -2.30. The molecule has 3 atom stereocenters. The Bertz CT molecular complexity index is 1500. The summed E-state index contributed by atoms with van der Waals surface area (Å²) in [6.45, 7) is 6.70. The third-order valence-corrected chi connectivity index (χ3v) is 9.12. The summed E-state index contributed by atoms with van der Waals surface area (Å²) >= 11 is 12.6. The van der Waals surface area contributed by atoms with E-state index in [9.17, 15) is 22.0 Å². The van der Waals surface area contributed by atoms with Crippen molar-refractivity contribution < 1.29 is 26.7 Å². The summed E-state index contributed by atoms with van der Waals surface area (Å²) in [5.74, 6) is -2.74. The summed E-state index contributed by atoms with van der Waals surface area (Å²) in [6, 6.07) is 2.03. The van der Waals surface area contributed by atoms with E-state index in [-0.39, 0.29) is 41.3 Å². The maximum absolute atomic E-state index is 14.7. The van der Waals surface area contributed by atoms with Crippen LogP contribution in [0.5, 0.6) is 0 Å². The van der Waals surface area contributed by atoms with Crippen molar-refractivity contribution in [1.29, 1.82) is 0 Å². The first kappa shape index (κ1) is 34.3. The molecule has 1 aromatic carbocycles. The highest BCUT2D eigenvalue weighted by Gasteiger charge is 2.39. The predicted octanol–water partition coefficient (Wildman–Crippen LogP) is 8.61. The van der Waals surface area contributed by atoms with Crippen LogP contribution >= 0.6 is 23.2 Å². The topological polar surface area (TPSA) is 67.3 Å². The quantitative estimate of drug-likeness (QED) is 0.127. The zero-order valence-corrected chi connectivity index (χ0v) is 26.8. The molecule has 248 valence electrons. The monoisotopic (exact) mass is 684 g/mol. The van der Waals surface area contributed by atoms with Gasteiger partial charge < -0.3 is 14.5 Å². The number of hydrogen-bond acceptors (Lipinski definition) is 7. The molecule has 7 nitrogen and oxygen atoms in total. The number of alkyl halides is 5. The third-order valence-electron chi connectivity index (χ3n) is 8.68. The third kappa shape index (κ3) is 7.88. The first-order valence-corrected chi connectivity index (χ1v) is 16.0. The summed E-state index contributed by atoms with van der Waals surface area (Å²) < 4.78 is 76.8. The lowest BCUT2D eigenvalue weighted by atomic mass is 9.92. The maximum atomic E-state index is 14.7. The molecule has 0 N–H and O–H groups in total. The number of hydrogen-bond donors (Lipinski definition) is 0. The Morgan fingerprint density at radius 1 is 1.00 bits per heavy atom. The van der Waals surface area contributed by atoms with E-state index in [1.807, 2.05) is 11.8 Å². The molecule has 2 fully saturated rings.